The van der Waals surface area contributed by atoms with E-state index in [9.17, 15) is 0 Å². The quantitative estimate of drug-likeness (QED) is 0.668. The molecule has 1 saturated carbocycles. The van der Waals surface area contributed by atoms with Crippen LogP contribution in [-0.2, 0) is 0 Å². The third-order valence-electron chi connectivity index (χ3n) is 2.56. The van der Waals surface area contributed by atoms with E-state index in [4.69, 9.17) is 11.0 Å². The Balaban J connectivity index is 2.21. The first-order valence-electron chi connectivity index (χ1n) is 4.49. The first kappa shape index (κ1) is 9.50. The van der Waals surface area contributed by atoms with E-state index in [1.165, 1.54) is 0 Å². The molecule has 0 aliphatic heterocycles. The molecule has 12 heavy (non-hydrogen) atoms. The maximum Gasteiger partial charge on any atom is 0.0666 e. The van der Waals surface area contributed by atoms with Crippen LogP contribution < -0.4 is 5.73 Å². The minimum Gasteiger partial charge on any atom is -0.328 e. The van der Waals surface area contributed by atoms with Crippen molar-refractivity contribution in [3.8, 4) is 6.07 Å². The monoisotopic (exact) mass is 167 g/mol. The van der Waals surface area contributed by atoms with Gasteiger partial charge < -0.3 is 10.6 Å². The van der Waals surface area contributed by atoms with Crippen molar-refractivity contribution >= 4 is 0 Å². The van der Waals surface area contributed by atoms with Gasteiger partial charge in [0.15, 0.2) is 0 Å². The van der Waals surface area contributed by atoms with Crippen LogP contribution in [0.25, 0.3) is 0 Å². The molecule has 1 rings (SSSR count). The van der Waals surface area contributed by atoms with E-state index in [1.807, 2.05) is 6.92 Å². The molecule has 0 amide bonds. The summed E-state index contributed by atoms with van der Waals surface area (Å²) in [5.74, 6) is 0.131. The second kappa shape index (κ2) is 3.88. The predicted molar refractivity (Wildman–Crippen MR) is 48.4 cm³/mol. The highest BCUT2D eigenvalue weighted by atomic mass is 15.1. The summed E-state index contributed by atoms with van der Waals surface area (Å²) >= 11 is 0. The molecular formula is C9H17N3. The minimum atomic E-state index is 0.131. The van der Waals surface area contributed by atoms with Crippen LogP contribution in [0.5, 0.6) is 0 Å². The molecule has 68 valence electrons. The summed E-state index contributed by atoms with van der Waals surface area (Å²) in [6.45, 7) is 2.82. The summed E-state index contributed by atoms with van der Waals surface area (Å²) in [4.78, 5) is 2.25. The molecule has 0 radical (unpaired) electrons. The molecule has 1 aliphatic rings. The summed E-state index contributed by atoms with van der Waals surface area (Å²) in [5.41, 5.74) is 5.68. The normalized spacial score (nSPS) is 30.9. The zero-order chi connectivity index (χ0) is 9.14. The van der Waals surface area contributed by atoms with Crippen LogP contribution in [0.15, 0.2) is 0 Å². The van der Waals surface area contributed by atoms with Crippen molar-refractivity contribution in [1.29, 1.82) is 5.26 Å². The highest BCUT2D eigenvalue weighted by molar-refractivity contribution is 4.90. The Morgan fingerprint density at radius 2 is 2.25 bits per heavy atom. The van der Waals surface area contributed by atoms with E-state index < -0.39 is 0 Å². The predicted octanol–water partition coefficient (Wildman–Crippen LogP) is 0.568. The molecule has 0 bridgehead atoms. The highest BCUT2D eigenvalue weighted by Gasteiger charge is 2.29. The maximum absolute atomic E-state index is 8.61. The first-order chi connectivity index (χ1) is 5.63. The highest BCUT2D eigenvalue weighted by Crippen LogP contribution is 2.23. The lowest BCUT2D eigenvalue weighted by atomic mass is 9.86. The Labute approximate surface area is 74.1 Å². The summed E-state index contributed by atoms with van der Waals surface area (Å²) in [7, 11) is 2.07. The third kappa shape index (κ3) is 2.20. The zero-order valence-electron chi connectivity index (χ0n) is 7.83. The fraction of sp³-hybridized carbons (Fsp3) is 0.889. The van der Waals surface area contributed by atoms with Crippen molar-refractivity contribution < 1.29 is 0 Å². The van der Waals surface area contributed by atoms with Gasteiger partial charge in [-0.2, -0.15) is 5.26 Å². The molecule has 0 aromatic heterocycles. The molecule has 1 atom stereocenters. The molecule has 0 spiro atoms. The van der Waals surface area contributed by atoms with Crippen molar-refractivity contribution in [1.82, 2.24) is 4.90 Å². The number of nitrogens with two attached hydrogens (primary N) is 1. The molecule has 3 heteroatoms. The third-order valence-corrected chi connectivity index (χ3v) is 2.56. The summed E-state index contributed by atoms with van der Waals surface area (Å²) in [6.07, 6.45) is 2.18. The van der Waals surface area contributed by atoms with Gasteiger partial charge in [0.2, 0.25) is 0 Å². The molecule has 3 nitrogen and oxygen atoms in total. The number of nitrogens with zero attached hydrogens (tertiary/aromatic N) is 2. The van der Waals surface area contributed by atoms with Crippen molar-refractivity contribution in [2.45, 2.75) is 31.8 Å². The average Bonchev–Trinajstić information content (AvgIpc) is 1.98. The van der Waals surface area contributed by atoms with E-state index in [-0.39, 0.29) is 5.92 Å². The van der Waals surface area contributed by atoms with Crippen molar-refractivity contribution in [2.24, 2.45) is 11.7 Å². The smallest absolute Gasteiger partial charge is 0.0666 e. The zero-order valence-corrected chi connectivity index (χ0v) is 7.83. The fourth-order valence-corrected chi connectivity index (χ4v) is 1.61. The fourth-order valence-electron chi connectivity index (χ4n) is 1.61. The second-order valence-corrected chi connectivity index (χ2v) is 3.86. The summed E-state index contributed by atoms with van der Waals surface area (Å²) < 4.78 is 0. The Morgan fingerprint density at radius 1 is 1.67 bits per heavy atom. The summed E-state index contributed by atoms with van der Waals surface area (Å²) in [5, 5.41) is 8.61. The van der Waals surface area contributed by atoms with Gasteiger partial charge in [0, 0.05) is 18.6 Å². The van der Waals surface area contributed by atoms with Crippen LogP contribution >= 0.6 is 0 Å². The Morgan fingerprint density at radius 3 is 2.67 bits per heavy atom. The largest absolute Gasteiger partial charge is 0.328 e. The van der Waals surface area contributed by atoms with Crippen LogP contribution in [0.2, 0.25) is 0 Å². The summed E-state index contributed by atoms with van der Waals surface area (Å²) in [6, 6.07) is 3.26. The molecule has 0 aromatic carbocycles. The lowest BCUT2D eigenvalue weighted by molar-refractivity contribution is 0.131. The van der Waals surface area contributed by atoms with Gasteiger partial charge in [0.1, 0.15) is 0 Å². The number of hydrogen-bond acceptors (Lipinski definition) is 3. The average molecular weight is 167 g/mol. The molecule has 2 N–H and O–H groups in total. The lowest BCUT2D eigenvalue weighted by Crippen LogP contribution is -2.50. The van der Waals surface area contributed by atoms with Gasteiger partial charge in [0.05, 0.1) is 12.0 Å². The van der Waals surface area contributed by atoms with Crippen LogP contribution in [0.3, 0.4) is 0 Å². The molecular weight excluding hydrogens is 150 g/mol. The van der Waals surface area contributed by atoms with Gasteiger partial charge in [-0.25, -0.2) is 0 Å². The Hall–Kier alpha value is -0.590. The van der Waals surface area contributed by atoms with E-state index in [2.05, 4.69) is 18.0 Å². The van der Waals surface area contributed by atoms with Crippen molar-refractivity contribution in [2.75, 3.05) is 13.6 Å². The van der Waals surface area contributed by atoms with E-state index in [0.717, 1.165) is 19.4 Å². The molecule has 1 aliphatic carbocycles. The Kier molecular flexibility index (Phi) is 3.07. The lowest BCUT2D eigenvalue weighted by Gasteiger charge is -2.39. The topological polar surface area (TPSA) is 53.0 Å². The van der Waals surface area contributed by atoms with Gasteiger partial charge in [-0.3, -0.25) is 0 Å². The van der Waals surface area contributed by atoms with Gasteiger partial charge in [0.25, 0.3) is 0 Å². The van der Waals surface area contributed by atoms with Gasteiger partial charge in [-0.1, -0.05) is 0 Å². The standard InChI is InChI=1S/C9H17N3/c1-7(5-10)6-12(2)9-3-8(11)4-9/h7-9H,3-4,6,11H2,1-2H3. The number of rotatable bonds is 3. The second-order valence-electron chi connectivity index (χ2n) is 3.86. The number of nitriles is 1. The molecule has 0 aromatic rings. The van der Waals surface area contributed by atoms with Gasteiger partial charge >= 0.3 is 0 Å². The molecule has 1 fully saturated rings. The van der Waals surface area contributed by atoms with Gasteiger partial charge in [-0.15, -0.1) is 0 Å². The van der Waals surface area contributed by atoms with Crippen molar-refractivity contribution in [3.05, 3.63) is 0 Å². The van der Waals surface area contributed by atoms with Crippen LogP contribution in [0, 0.1) is 17.2 Å². The molecule has 1 unspecified atom stereocenters. The van der Waals surface area contributed by atoms with Crippen LogP contribution in [0.1, 0.15) is 19.8 Å². The minimum absolute atomic E-state index is 0.131. The van der Waals surface area contributed by atoms with Crippen LogP contribution in [0.4, 0.5) is 0 Å². The van der Waals surface area contributed by atoms with Crippen LogP contribution in [-0.4, -0.2) is 30.6 Å². The van der Waals surface area contributed by atoms with Gasteiger partial charge in [-0.05, 0) is 26.8 Å². The molecule has 0 saturated heterocycles. The number of hydrogen-bond donors (Lipinski definition) is 1. The first-order valence-corrected chi connectivity index (χ1v) is 4.49. The molecule has 0 heterocycles. The van der Waals surface area contributed by atoms with E-state index >= 15 is 0 Å². The maximum atomic E-state index is 8.61. The van der Waals surface area contributed by atoms with E-state index in [0.29, 0.717) is 12.1 Å². The van der Waals surface area contributed by atoms with Crippen molar-refractivity contribution in [3.63, 3.8) is 0 Å². The van der Waals surface area contributed by atoms with E-state index in [1.54, 1.807) is 0 Å². The SMILES string of the molecule is CC(C#N)CN(C)C1CC(N)C1. The Bertz CT molecular complexity index is 179.